The molecule has 0 aromatic heterocycles. The molecule has 4 rings (SSSR count). The zero-order chi connectivity index (χ0) is 30.0. The van der Waals surface area contributed by atoms with E-state index in [1.54, 1.807) is 7.11 Å². The third-order valence-corrected chi connectivity index (χ3v) is 9.58. The number of hydrogen-bond donors (Lipinski definition) is 0. The van der Waals surface area contributed by atoms with Gasteiger partial charge in [-0.3, -0.25) is 14.7 Å². The van der Waals surface area contributed by atoms with Gasteiger partial charge in [0.25, 0.3) is 0 Å². The standard InChI is InChI=1S/C15H23NO.C10H21NO.C9H19NO/c1-13-9-15(12-17-3,16(2)11-13)10-14-7-5-4-6-8-14;1-5-12-8-10(3)6-9(2)7-11(10)4;1-8-5-9(2,7-11-4)10(3)6-8/h4-8,13H,9-12H2,1-3H3;9H,5-8H2,1-4H3;8H,5-7H2,1-4H3/t13-,15+;9-,10-;8-,9-/m000/s1. The van der Waals surface area contributed by atoms with E-state index in [0.717, 1.165) is 50.6 Å². The number of benzene rings is 1. The Labute approximate surface area is 247 Å². The summed E-state index contributed by atoms with van der Waals surface area (Å²) < 4.78 is 16.2. The monoisotopic (exact) mass is 561 g/mol. The van der Waals surface area contributed by atoms with E-state index >= 15 is 0 Å². The second kappa shape index (κ2) is 16.0. The molecule has 6 nitrogen and oxygen atoms in total. The van der Waals surface area contributed by atoms with Gasteiger partial charge < -0.3 is 14.2 Å². The van der Waals surface area contributed by atoms with Crippen LogP contribution in [0.2, 0.25) is 0 Å². The highest BCUT2D eigenvalue weighted by Crippen LogP contribution is 2.35. The topological polar surface area (TPSA) is 37.4 Å². The molecule has 3 aliphatic heterocycles. The molecule has 1 aromatic carbocycles. The molecular formula is C34H63N3O3. The van der Waals surface area contributed by atoms with Gasteiger partial charge in [-0.1, -0.05) is 51.1 Å². The van der Waals surface area contributed by atoms with Gasteiger partial charge in [-0.15, -0.1) is 0 Å². The van der Waals surface area contributed by atoms with Crippen molar-refractivity contribution in [3.05, 3.63) is 35.9 Å². The molecule has 3 heterocycles. The number of nitrogens with zero attached hydrogens (tertiary/aromatic N) is 3. The third kappa shape index (κ3) is 9.78. The van der Waals surface area contributed by atoms with E-state index in [-0.39, 0.29) is 16.6 Å². The maximum atomic E-state index is 5.50. The van der Waals surface area contributed by atoms with Gasteiger partial charge in [-0.05, 0) is 90.9 Å². The van der Waals surface area contributed by atoms with E-state index in [2.05, 4.69) is 108 Å². The number of rotatable bonds is 9. The van der Waals surface area contributed by atoms with Crippen LogP contribution in [0.4, 0.5) is 0 Å². The molecule has 3 saturated heterocycles. The van der Waals surface area contributed by atoms with Crippen molar-refractivity contribution >= 4 is 0 Å². The Kier molecular flexibility index (Phi) is 14.1. The first-order chi connectivity index (χ1) is 18.8. The van der Waals surface area contributed by atoms with Gasteiger partial charge >= 0.3 is 0 Å². The van der Waals surface area contributed by atoms with Crippen LogP contribution in [0.15, 0.2) is 30.3 Å². The molecule has 232 valence electrons. The lowest BCUT2D eigenvalue weighted by molar-refractivity contribution is 0.0419. The highest BCUT2D eigenvalue weighted by Gasteiger charge is 2.42. The van der Waals surface area contributed by atoms with Crippen molar-refractivity contribution in [2.45, 2.75) is 83.8 Å². The normalized spacial score (nSPS) is 34.8. The van der Waals surface area contributed by atoms with Crippen molar-refractivity contribution in [1.29, 1.82) is 0 Å². The van der Waals surface area contributed by atoms with Crippen molar-refractivity contribution in [3.8, 4) is 0 Å². The van der Waals surface area contributed by atoms with Crippen molar-refractivity contribution in [1.82, 2.24) is 14.7 Å². The van der Waals surface area contributed by atoms with E-state index in [1.807, 2.05) is 7.11 Å². The summed E-state index contributed by atoms with van der Waals surface area (Å²) in [7, 11) is 10.2. The van der Waals surface area contributed by atoms with E-state index in [1.165, 1.54) is 44.5 Å². The fourth-order valence-corrected chi connectivity index (χ4v) is 7.49. The van der Waals surface area contributed by atoms with Gasteiger partial charge in [0.15, 0.2) is 0 Å². The molecule has 1 aromatic rings. The summed E-state index contributed by atoms with van der Waals surface area (Å²) in [6.45, 7) is 20.6. The molecule has 0 radical (unpaired) electrons. The lowest BCUT2D eigenvalue weighted by atomic mass is 9.87. The Morgan fingerprint density at radius 3 is 1.57 bits per heavy atom. The minimum Gasteiger partial charge on any atom is -0.383 e. The average Bonchev–Trinajstić information content (AvgIpc) is 3.41. The molecule has 0 unspecified atom stereocenters. The molecule has 0 bridgehead atoms. The predicted molar refractivity (Wildman–Crippen MR) is 169 cm³/mol. The Balaban J connectivity index is 0.000000217. The van der Waals surface area contributed by atoms with Crippen LogP contribution < -0.4 is 0 Å². The maximum Gasteiger partial charge on any atom is 0.0649 e. The van der Waals surface area contributed by atoms with E-state index in [4.69, 9.17) is 14.2 Å². The first kappa shape index (κ1) is 35.2. The molecule has 0 spiro atoms. The summed E-state index contributed by atoms with van der Waals surface area (Å²) in [5.41, 5.74) is 2.17. The van der Waals surface area contributed by atoms with E-state index < -0.39 is 0 Å². The highest BCUT2D eigenvalue weighted by molar-refractivity contribution is 5.19. The molecule has 6 heteroatoms. The fourth-order valence-electron chi connectivity index (χ4n) is 7.49. The van der Waals surface area contributed by atoms with Crippen LogP contribution >= 0.6 is 0 Å². The van der Waals surface area contributed by atoms with Crippen LogP contribution in [0, 0.1) is 17.8 Å². The summed E-state index contributed by atoms with van der Waals surface area (Å²) in [6, 6.07) is 10.7. The zero-order valence-electron chi connectivity index (χ0n) is 28.0. The van der Waals surface area contributed by atoms with Gasteiger partial charge in [0, 0.05) is 57.1 Å². The van der Waals surface area contributed by atoms with Gasteiger partial charge in [-0.2, -0.15) is 0 Å². The zero-order valence-corrected chi connectivity index (χ0v) is 28.0. The number of methoxy groups -OCH3 is 2. The lowest BCUT2D eigenvalue weighted by Gasteiger charge is -2.36. The first-order valence-corrected chi connectivity index (χ1v) is 15.6. The van der Waals surface area contributed by atoms with Crippen molar-refractivity contribution in [2.24, 2.45) is 17.8 Å². The first-order valence-electron chi connectivity index (χ1n) is 15.6. The molecule has 0 saturated carbocycles. The van der Waals surface area contributed by atoms with Crippen LogP contribution in [0.3, 0.4) is 0 Å². The Bertz CT molecular complexity index is 841. The van der Waals surface area contributed by atoms with Gasteiger partial charge in [0.05, 0.1) is 19.8 Å². The largest absolute Gasteiger partial charge is 0.383 e. The minimum atomic E-state index is 0.190. The summed E-state index contributed by atoms with van der Waals surface area (Å²) in [4.78, 5) is 7.31. The van der Waals surface area contributed by atoms with Gasteiger partial charge in [0.2, 0.25) is 0 Å². The summed E-state index contributed by atoms with van der Waals surface area (Å²) in [6.07, 6.45) is 4.84. The molecule has 3 aliphatic rings. The predicted octanol–water partition coefficient (Wildman–Crippen LogP) is 5.70. The summed E-state index contributed by atoms with van der Waals surface area (Å²) in [5, 5.41) is 0. The minimum absolute atomic E-state index is 0.190. The summed E-state index contributed by atoms with van der Waals surface area (Å²) >= 11 is 0. The second-order valence-corrected chi connectivity index (χ2v) is 14.0. The Hall–Kier alpha value is -1.02. The third-order valence-electron chi connectivity index (χ3n) is 9.58. The van der Waals surface area contributed by atoms with Crippen LogP contribution in [0.5, 0.6) is 0 Å². The lowest BCUT2D eigenvalue weighted by Crippen LogP contribution is -2.47. The molecule has 0 amide bonds. The van der Waals surface area contributed by atoms with Crippen molar-refractivity contribution < 1.29 is 14.2 Å². The molecule has 0 aliphatic carbocycles. The van der Waals surface area contributed by atoms with E-state index in [9.17, 15) is 0 Å². The quantitative estimate of drug-likeness (QED) is 0.385. The maximum absolute atomic E-state index is 5.50. The molecule has 3 fully saturated rings. The molecule has 6 atom stereocenters. The Morgan fingerprint density at radius 1 is 0.700 bits per heavy atom. The number of hydrogen-bond acceptors (Lipinski definition) is 6. The van der Waals surface area contributed by atoms with Crippen LogP contribution in [-0.4, -0.2) is 113 Å². The fraction of sp³-hybridized carbons (Fsp3) is 0.824. The van der Waals surface area contributed by atoms with Crippen LogP contribution in [0.1, 0.15) is 66.4 Å². The molecule has 0 N–H and O–H groups in total. The Morgan fingerprint density at radius 2 is 1.18 bits per heavy atom. The smallest absolute Gasteiger partial charge is 0.0649 e. The molecule has 40 heavy (non-hydrogen) atoms. The highest BCUT2D eigenvalue weighted by atomic mass is 16.5. The van der Waals surface area contributed by atoms with Crippen molar-refractivity contribution in [2.75, 3.05) is 81.4 Å². The van der Waals surface area contributed by atoms with Gasteiger partial charge in [0.1, 0.15) is 0 Å². The van der Waals surface area contributed by atoms with E-state index in [0.29, 0.717) is 0 Å². The number of likely N-dealkylation sites (N-methyl/N-ethyl adjacent to an activating group) is 3. The average molecular weight is 562 g/mol. The van der Waals surface area contributed by atoms with Gasteiger partial charge in [-0.25, -0.2) is 0 Å². The molecular weight excluding hydrogens is 498 g/mol. The SMILES string of the molecule is CCOC[C@]1(C)C[C@H](C)CN1C.COC[C@]1(C)C[C@H](C)CN1C.COC[C@]1(Cc2ccccc2)C[C@H](C)CN1C. The summed E-state index contributed by atoms with van der Waals surface area (Å²) in [5.74, 6) is 2.40. The second-order valence-electron chi connectivity index (χ2n) is 14.0. The van der Waals surface area contributed by atoms with Crippen LogP contribution in [-0.2, 0) is 20.6 Å². The number of ether oxygens (including phenoxy) is 3. The van der Waals surface area contributed by atoms with Crippen molar-refractivity contribution in [3.63, 3.8) is 0 Å². The van der Waals surface area contributed by atoms with Crippen LogP contribution in [0.25, 0.3) is 0 Å². The number of likely N-dealkylation sites (tertiary alicyclic amines) is 3.